The summed E-state index contributed by atoms with van der Waals surface area (Å²) < 4.78 is 0. The first-order valence-electron chi connectivity index (χ1n) is 8.01. The summed E-state index contributed by atoms with van der Waals surface area (Å²) in [5.41, 5.74) is 1.19. The van der Waals surface area contributed by atoms with Crippen molar-refractivity contribution in [3.8, 4) is 0 Å². The van der Waals surface area contributed by atoms with E-state index in [1.54, 1.807) is 0 Å². The van der Waals surface area contributed by atoms with Gasteiger partial charge < -0.3 is 4.90 Å². The Labute approximate surface area is 131 Å². The highest BCUT2D eigenvalue weighted by atomic mass is 35.5. The van der Waals surface area contributed by atoms with Crippen LogP contribution in [0.1, 0.15) is 31.4 Å². The molecule has 2 aliphatic rings. The minimum absolute atomic E-state index is 0.232. The Kier molecular flexibility index (Phi) is 4.79. The zero-order valence-electron chi connectivity index (χ0n) is 12.4. The second-order valence-electron chi connectivity index (χ2n) is 6.38. The molecule has 0 spiro atoms. The number of rotatable bonds is 4. The first-order chi connectivity index (χ1) is 10.3. The summed E-state index contributed by atoms with van der Waals surface area (Å²) >= 11 is 5.71. The number of carbonyl (C=O) groups is 1. The van der Waals surface area contributed by atoms with Crippen LogP contribution in [-0.4, -0.2) is 34.8 Å². The Bertz CT molecular complexity index is 479. The topological polar surface area (TPSA) is 33.2 Å². The molecule has 3 rings (SSSR count). The summed E-state index contributed by atoms with van der Waals surface area (Å²) in [6, 6.07) is 6.15. The molecule has 1 amide bonds. The lowest BCUT2D eigenvalue weighted by Gasteiger charge is -2.32. The first kappa shape index (κ1) is 14.8. The smallest absolute Gasteiger partial charge is 0.223 e. The summed E-state index contributed by atoms with van der Waals surface area (Å²) in [7, 11) is 0. The van der Waals surface area contributed by atoms with Crippen LogP contribution in [0.2, 0.25) is 0 Å². The molecule has 0 unspecified atom stereocenters. The van der Waals surface area contributed by atoms with Gasteiger partial charge in [-0.25, -0.2) is 0 Å². The number of pyridine rings is 1. The van der Waals surface area contributed by atoms with E-state index in [0.29, 0.717) is 30.1 Å². The second-order valence-corrected chi connectivity index (χ2v) is 6.76. The average molecular weight is 307 g/mol. The number of nitrogens with zero attached hydrogens (tertiary/aromatic N) is 2. The van der Waals surface area contributed by atoms with E-state index < -0.39 is 0 Å². The van der Waals surface area contributed by atoms with Crippen LogP contribution in [0.4, 0.5) is 0 Å². The van der Waals surface area contributed by atoms with Crippen LogP contribution in [0.5, 0.6) is 0 Å². The maximum atomic E-state index is 12.1. The van der Waals surface area contributed by atoms with Gasteiger partial charge in [0.25, 0.3) is 0 Å². The summed E-state index contributed by atoms with van der Waals surface area (Å²) in [4.78, 5) is 18.6. The molecular weight excluding hydrogens is 284 g/mol. The van der Waals surface area contributed by atoms with Gasteiger partial charge in [-0.3, -0.25) is 9.78 Å². The molecule has 0 aromatic carbocycles. The average Bonchev–Trinajstić information content (AvgIpc) is 2.94. The zero-order valence-corrected chi connectivity index (χ0v) is 13.1. The third-order valence-electron chi connectivity index (χ3n) is 5.11. The predicted octanol–water partition coefficient (Wildman–Crippen LogP) is 3.13. The van der Waals surface area contributed by atoms with Crippen LogP contribution in [-0.2, 0) is 11.2 Å². The van der Waals surface area contributed by atoms with E-state index in [2.05, 4.69) is 22.0 Å². The predicted molar refractivity (Wildman–Crippen MR) is 84.2 cm³/mol. The maximum absolute atomic E-state index is 12.1. The molecular formula is C17H23ClN2O. The van der Waals surface area contributed by atoms with Crippen LogP contribution in [0.25, 0.3) is 0 Å². The molecule has 2 fully saturated rings. The van der Waals surface area contributed by atoms with Gasteiger partial charge in [-0.1, -0.05) is 12.5 Å². The number of halogens is 1. The lowest BCUT2D eigenvalue weighted by atomic mass is 9.72. The van der Waals surface area contributed by atoms with Crippen molar-refractivity contribution in [1.29, 1.82) is 0 Å². The van der Waals surface area contributed by atoms with Gasteiger partial charge in [-0.05, 0) is 49.1 Å². The fraction of sp³-hybridized carbons (Fsp3) is 0.647. The summed E-state index contributed by atoms with van der Waals surface area (Å²) in [5.74, 6) is 2.68. The Morgan fingerprint density at radius 3 is 3.00 bits per heavy atom. The number of aromatic nitrogens is 1. The molecule has 1 aliphatic heterocycles. The van der Waals surface area contributed by atoms with Crippen LogP contribution >= 0.6 is 11.6 Å². The van der Waals surface area contributed by atoms with Crippen molar-refractivity contribution in [2.75, 3.05) is 19.0 Å². The van der Waals surface area contributed by atoms with E-state index in [9.17, 15) is 4.79 Å². The van der Waals surface area contributed by atoms with Gasteiger partial charge in [0, 0.05) is 37.3 Å². The molecule has 0 N–H and O–H groups in total. The molecule has 1 aliphatic carbocycles. The number of carbonyl (C=O) groups excluding carboxylic acids is 1. The van der Waals surface area contributed by atoms with Crippen LogP contribution in [0.3, 0.4) is 0 Å². The number of hydrogen-bond acceptors (Lipinski definition) is 2. The van der Waals surface area contributed by atoms with Crippen LogP contribution < -0.4 is 0 Å². The standard InChI is InChI=1S/C17H23ClN2O/c18-8-7-17(21)20-11-14-5-3-4-13(16(14)12-20)10-15-6-1-2-9-19-15/h1-2,6,9,13-14,16H,3-5,7-8,10-12H2/t13-,14-,16-/m1/s1. The lowest BCUT2D eigenvalue weighted by Crippen LogP contribution is -2.30. The highest BCUT2D eigenvalue weighted by Crippen LogP contribution is 2.41. The van der Waals surface area contributed by atoms with Gasteiger partial charge in [0.2, 0.25) is 5.91 Å². The Balaban J connectivity index is 1.65. The molecule has 3 atom stereocenters. The van der Waals surface area contributed by atoms with E-state index in [1.165, 1.54) is 25.0 Å². The van der Waals surface area contributed by atoms with E-state index in [1.807, 2.05) is 12.3 Å². The van der Waals surface area contributed by atoms with Crippen molar-refractivity contribution >= 4 is 17.5 Å². The highest BCUT2D eigenvalue weighted by Gasteiger charge is 2.41. The SMILES string of the molecule is O=C(CCCl)N1C[C@H]2CCC[C@H](Cc3ccccn3)[C@H]2C1. The Morgan fingerprint density at radius 1 is 1.33 bits per heavy atom. The lowest BCUT2D eigenvalue weighted by molar-refractivity contribution is -0.130. The van der Waals surface area contributed by atoms with Gasteiger partial charge >= 0.3 is 0 Å². The largest absolute Gasteiger partial charge is 0.342 e. The summed E-state index contributed by atoms with van der Waals surface area (Å²) in [5, 5.41) is 0. The monoisotopic (exact) mass is 306 g/mol. The molecule has 1 saturated heterocycles. The zero-order chi connectivity index (χ0) is 14.7. The van der Waals surface area contributed by atoms with Crippen molar-refractivity contribution in [2.45, 2.75) is 32.1 Å². The quantitative estimate of drug-likeness (QED) is 0.801. The number of hydrogen-bond donors (Lipinski definition) is 0. The third kappa shape index (κ3) is 3.39. The highest BCUT2D eigenvalue weighted by molar-refractivity contribution is 6.18. The molecule has 2 heterocycles. The van der Waals surface area contributed by atoms with Gasteiger partial charge in [-0.15, -0.1) is 11.6 Å². The van der Waals surface area contributed by atoms with Gasteiger partial charge in [-0.2, -0.15) is 0 Å². The van der Waals surface area contributed by atoms with Crippen molar-refractivity contribution in [1.82, 2.24) is 9.88 Å². The van der Waals surface area contributed by atoms with Gasteiger partial charge in [0.05, 0.1) is 0 Å². The minimum atomic E-state index is 0.232. The van der Waals surface area contributed by atoms with Gasteiger partial charge in [0.1, 0.15) is 0 Å². The van der Waals surface area contributed by atoms with Gasteiger partial charge in [0.15, 0.2) is 0 Å². The van der Waals surface area contributed by atoms with E-state index >= 15 is 0 Å². The first-order valence-corrected chi connectivity index (χ1v) is 8.55. The second kappa shape index (κ2) is 6.78. The Morgan fingerprint density at radius 2 is 2.24 bits per heavy atom. The molecule has 3 nitrogen and oxygen atoms in total. The van der Waals surface area contributed by atoms with Crippen molar-refractivity contribution < 1.29 is 4.79 Å². The molecule has 1 aromatic heterocycles. The summed E-state index contributed by atoms with van der Waals surface area (Å²) in [6.45, 7) is 1.87. The van der Waals surface area contributed by atoms with E-state index in [0.717, 1.165) is 19.5 Å². The number of fused-ring (bicyclic) bond motifs is 1. The molecule has 1 aromatic rings. The van der Waals surface area contributed by atoms with Crippen molar-refractivity contribution in [2.24, 2.45) is 17.8 Å². The fourth-order valence-electron chi connectivity index (χ4n) is 4.08. The molecule has 21 heavy (non-hydrogen) atoms. The van der Waals surface area contributed by atoms with Crippen LogP contribution in [0, 0.1) is 17.8 Å². The van der Waals surface area contributed by atoms with E-state index in [-0.39, 0.29) is 5.91 Å². The molecule has 0 radical (unpaired) electrons. The molecule has 114 valence electrons. The van der Waals surface area contributed by atoms with Crippen molar-refractivity contribution in [3.63, 3.8) is 0 Å². The normalized spacial score (nSPS) is 28.4. The molecule has 0 bridgehead atoms. The Hall–Kier alpha value is -1.09. The number of alkyl halides is 1. The minimum Gasteiger partial charge on any atom is -0.342 e. The van der Waals surface area contributed by atoms with Crippen molar-refractivity contribution in [3.05, 3.63) is 30.1 Å². The number of amides is 1. The van der Waals surface area contributed by atoms with Crippen LogP contribution in [0.15, 0.2) is 24.4 Å². The third-order valence-corrected chi connectivity index (χ3v) is 5.29. The fourth-order valence-corrected chi connectivity index (χ4v) is 4.24. The molecule has 4 heteroatoms. The summed E-state index contributed by atoms with van der Waals surface area (Å²) in [6.07, 6.45) is 7.24. The number of likely N-dealkylation sites (tertiary alicyclic amines) is 1. The van der Waals surface area contributed by atoms with E-state index in [4.69, 9.17) is 11.6 Å². The molecule has 1 saturated carbocycles. The maximum Gasteiger partial charge on any atom is 0.223 e.